The van der Waals surface area contributed by atoms with Crippen molar-refractivity contribution in [3.8, 4) is 22.5 Å². The molecule has 0 unspecified atom stereocenters. The van der Waals surface area contributed by atoms with Gasteiger partial charge < -0.3 is 9.15 Å². The maximum Gasteiger partial charge on any atom is 0.348 e. The maximum atomic E-state index is 13.5. The van der Waals surface area contributed by atoms with Crippen LogP contribution in [0.4, 0.5) is 0 Å². The molecule has 152 valence electrons. The summed E-state index contributed by atoms with van der Waals surface area (Å²) in [5, 5.41) is 0. The molecule has 4 aromatic rings. The lowest BCUT2D eigenvalue weighted by Gasteiger charge is -2.11. The number of esters is 1. The number of thiophene rings is 1. The third-order valence-corrected chi connectivity index (χ3v) is 6.27. The van der Waals surface area contributed by atoms with Crippen LogP contribution in [0.2, 0.25) is 0 Å². The Balaban J connectivity index is 1.71. The third-order valence-electron chi connectivity index (χ3n) is 5.11. The number of benzene rings is 2. The van der Waals surface area contributed by atoms with Gasteiger partial charge in [0.1, 0.15) is 10.6 Å². The number of hydrogen-bond acceptors (Lipinski definition) is 6. The second-order valence-electron chi connectivity index (χ2n) is 6.97. The second kappa shape index (κ2) is 7.49. The zero-order valence-corrected chi connectivity index (χ0v) is 17.3. The van der Waals surface area contributed by atoms with Gasteiger partial charge in [-0.1, -0.05) is 60.7 Å². The highest BCUT2D eigenvalue weighted by molar-refractivity contribution is 7.17. The van der Waals surface area contributed by atoms with Crippen molar-refractivity contribution in [2.75, 3.05) is 6.61 Å². The smallest absolute Gasteiger partial charge is 0.348 e. The van der Waals surface area contributed by atoms with Crippen molar-refractivity contribution in [3.63, 3.8) is 0 Å². The Hall–Kier alpha value is -3.77. The molecule has 2 aromatic heterocycles. The summed E-state index contributed by atoms with van der Waals surface area (Å²) in [5.41, 5.74) is 2.28. The second-order valence-corrected chi connectivity index (χ2v) is 8.00. The van der Waals surface area contributed by atoms with Crippen LogP contribution in [0.25, 0.3) is 22.5 Å². The van der Waals surface area contributed by atoms with Gasteiger partial charge in [-0.15, -0.1) is 11.3 Å². The summed E-state index contributed by atoms with van der Waals surface area (Å²) in [6.07, 6.45) is 0. The normalized spacial score (nSPS) is 12.4. The van der Waals surface area contributed by atoms with E-state index in [1.807, 2.05) is 48.5 Å². The van der Waals surface area contributed by atoms with Crippen molar-refractivity contribution < 1.29 is 23.5 Å². The monoisotopic (exact) mass is 428 g/mol. The first-order chi connectivity index (χ1) is 15.1. The highest BCUT2D eigenvalue weighted by Crippen LogP contribution is 2.44. The predicted octanol–water partition coefficient (Wildman–Crippen LogP) is 5.63. The fraction of sp³-hybridized carbons (Fsp3) is 0.0800. The molecule has 0 bridgehead atoms. The topological polar surface area (TPSA) is 73.6 Å². The summed E-state index contributed by atoms with van der Waals surface area (Å²) in [4.78, 5) is 40.0. The van der Waals surface area contributed by atoms with Crippen LogP contribution >= 0.6 is 11.3 Å². The molecule has 31 heavy (non-hydrogen) atoms. The van der Waals surface area contributed by atoms with Crippen LogP contribution in [0.5, 0.6) is 0 Å². The SMILES string of the molecule is CCOC(=O)c1sc2c(c1-c1ccccc1)C(=O)c1oc(-c3ccccc3)cc1C2=O. The summed E-state index contributed by atoms with van der Waals surface area (Å²) in [5.74, 6) is -0.829. The first-order valence-corrected chi connectivity index (χ1v) is 10.6. The average molecular weight is 428 g/mol. The van der Waals surface area contributed by atoms with Crippen LogP contribution in [0, 0.1) is 0 Å². The molecule has 0 saturated heterocycles. The summed E-state index contributed by atoms with van der Waals surface area (Å²) in [7, 11) is 0. The van der Waals surface area contributed by atoms with Crippen LogP contribution < -0.4 is 0 Å². The number of ether oxygens (including phenoxy) is 1. The molecule has 0 atom stereocenters. The van der Waals surface area contributed by atoms with Gasteiger partial charge in [-0.05, 0) is 18.6 Å². The van der Waals surface area contributed by atoms with E-state index >= 15 is 0 Å². The van der Waals surface area contributed by atoms with Crippen LogP contribution in [0.3, 0.4) is 0 Å². The molecule has 1 aliphatic carbocycles. The Morgan fingerprint density at radius 2 is 1.55 bits per heavy atom. The Labute approximate surface area is 181 Å². The number of carbonyl (C=O) groups is 3. The molecule has 0 amide bonds. The fourth-order valence-corrected chi connectivity index (χ4v) is 4.91. The van der Waals surface area contributed by atoms with E-state index < -0.39 is 11.8 Å². The molecule has 5 rings (SSSR count). The van der Waals surface area contributed by atoms with E-state index in [2.05, 4.69) is 0 Å². The lowest BCUT2D eigenvalue weighted by atomic mass is 9.89. The lowest BCUT2D eigenvalue weighted by Crippen LogP contribution is -2.17. The molecule has 0 aliphatic heterocycles. The predicted molar refractivity (Wildman–Crippen MR) is 117 cm³/mol. The van der Waals surface area contributed by atoms with Crippen molar-refractivity contribution in [2.45, 2.75) is 6.92 Å². The summed E-state index contributed by atoms with van der Waals surface area (Å²) in [6, 6.07) is 20.0. The number of rotatable bonds is 4. The quantitative estimate of drug-likeness (QED) is 0.347. The molecule has 6 heteroatoms. The number of fused-ring (bicyclic) bond motifs is 2. The molecule has 2 heterocycles. The van der Waals surface area contributed by atoms with Gasteiger partial charge in [0.05, 0.1) is 22.6 Å². The highest BCUT2D eigenvalue weighted by Gasteiger charge is 2.40. The molecule has 0 radical (unpaired) electrons. The molecular weight excluding hydrogens is 412 g/mol. The Morgan fingerprint density at radius 3 is 2.19 bits per heavy atom. The Morgan fingerprint density at radius 1 is 0.903 bits per heavy atom. The molecule has 1 aliphatic rings. The molecule has 0 fully saturated rings. The highest BCUT2D eigenvalue weighted by atomic mass is 32.1. The van der Waals surface area contributed by atoms with Gasteiger partial charge in [0, 0.05) is 11.1 Å². The minimum Gasteiger partial charge on any atom is -0.462 e. The van der Waals surface area contributed by atoms with Crippen LogP contribution in [0.15, 0.2) is 71.1 Å². The Bertz CT molecular complexity index is 1330. The first-order valence-electron chi connectivity index (χ1n) is 9.78. The first kappa shape index (κ1) is 19.2. The zero-order valence-electron chi connectivity index (χ0n) is 16.5. The minimum absolute atomic E-state index is 0.00161. The fourth-order valence-electron chi connectivity index (χ4n) is 3.74. The standard InChI is InChI=1S/C25H16O5S/c1-2-29-25(28)24-18(15-11-7-4-8-12-15)19-21(27)22-16(20(26)23(19)31-24)13-17(30-22)14-9-5-3-6-10-14/h3-13H,2H2,1H3. The average Bonchev–Trinajstić information content (AvgIpc) is 3.42. The van der Waals surface area contributed by atoms with E-state index in [1.165, 1.54) is 0 Å². The lowest BCUT2D eigenvalue weighted by molar-refractivity contribution is 0.0533. The van der Waals surface area contributed by atoms with E-state index in [1.54, 1.807) is 25.1 Å². The maximum absolute atomic E-state index is 13.5. The van der Waals surface area contributed by atoms with Crippen molar-refractivity contribution in [2.24, 2.45) is 0 Å². The van der Waals surface area contributed by atoms with Gasteiger partial charge >= 0.3 is 5.97 Å². The molecular formula is C25H16O5S. The van der Waals surface area contributed by atoms with E-state index in [4.69, 9.17) is 9.15 Å². The molecule has 5 nitrogen and oxygen atoms in total. The van der Waals surface area contributed by atoms with Gasteiger partial charge in [-0.2, -0.15) is 0 Å². The van der Waals surface area contributed by atoms with E-state index in [0.29, 0.717) is 16.9 Å². The number of ketones is 2. The van der Waals surface area contributed by atoms with Gasteiger partial charge in [-0.25, -0.2) is 4.79 Å². The third kappa shape index (κ3) is 3.04. The summed E-state index contributed by atoms with van der Waals surface area (Å²) in [6.45, 7) is 1.91. The van der Waals surface area contributed by atoms with Crippen molar-refractivity contribution >= 4 is 28.9 Å². The van der Waals surface area contributed by atoms with Gasteiger partial charge in [0.25, 0.3) is 0 Å². The molecule has 0 N–H and O–H groups in total. The minimum atomic E-state index is -0.553. The van der Waals surface area contributed by atoms with E-state index in [-0.39, 0.29) is 39.0 Å². The zero-order chi connectivity index (χ0) is 21.5. The van der Waals surface area contributed by atoms with Gasteiger partial charge in [0.2, 0.25) is 11.6 Å². The van der Waals surface area contributed by atoms with E-state index in [0.717, 1.165) is 16.9 Å². The van der Waals surface area contributed by atoms with Gasteiger partial charge in [0.15, 0.2) is 5.76 Å². The van der Waals surface area contributed by atoms with Crippen molar-refractivity contribution in [1.82, 2.24) is 0 Å². The number of hydrogen-bond donors (Lipinski definition) is 0. The Kier molecular flexibility index (Phi) is 4.64. The van der Waals surface area contributed by atoms with Crippen LogP contribution in [-0.4, -0.2) is 24.1 Å². The molecule has 2 aromatic carbocycles. The number of carbonyl (C=O) groups excluding carboxylic acids is 3. The van der Waals surface area contributed by atoms with Crippen LogP contribution in [-0.2, 0) is 4.74 Å². The molecule has 0 saturated carbocycles. The van der Waals surface area contributed by atoms with Gasteiger partial charge in [-0.3, -0.25) is 9.59 Å². The van der Waals surface area contributed by atoms with Crippen molar-refractivity contribution in [3.05, 3.63) is 93.4 Å². The van der Waals surface area contributed by atoms with Crippen molar-refractivity contribution in [1.29, 1.82) is 0 Å². The van der Waals surface area contributed by atoms with Crippen LogP contribution in [0.1, 0.15) is 47.9 Å². The molecule has 0 spiro atoms. The van der Waals surface area contributed by atoms with E-state index in [9.17, 15) is 14.4 Å². The largest absolute Gasteiger partial charge is 0.462 e. The summed E-state index contributed by atoms with van der Waals surface area (Å²) < 4.78 is 11.1. The number of furan rings is 1. The summed E-state index contributed by atoms with van der Waals surface area (Å²) >= 11 is 0.999.